The van der Waals surface area contributed by atoms with Crippen LogP contribution >= 0.6 is 23.2 Å². The second-order valence-corrected chi connectivity index (χ2v) is 7.77. The van der Waals surface area contributed by atoms with E-state index in [1.54, 1.807) is 6.07 Å². The maximum Gasteiger partial charge on any atom is 0.180 e. The average Bonchev–Trinajstić information content (AvgIpc) is 2.70. The van der Waals surface area contributed by atoms with Crippen molar-refractivity contribution in [2.45, 2.75) is 33.5 Å². The smallest absolute Gasteiger partial charge is 0.180 e. The maximum absolute atomic E-state index is 13.2. The molecule has 3 aromatic rings. The first-order chi connectivity index (χ1) is 14.5. The van der Waals surface area contributed by atoms with Crippen molar-refractivity contribution in [1.29, 1.82) is 0 Å². The Bertz CT molecular complexity index is 993. The molecule has 0 amide bonds. The zero-order chi connectivity index (χ0) is 21.5. The Kier molecular flexibility index (Phi) is 7.97. The molecule has 0 saturated carbocycles. The van der Waals surface area contributed by atoms with E-state index < -0.39 is 0 Å². The molecule has 6 heteroatoms. The average molecular weight is 448 g/mol. The van der Waals surface area contributed by atoms with Crippen molar-refractivity contribution < 1.29 is 13.9 Å². The van der Waals surface area contributed by atoms with E-state index in [1.165, 1.54) is 23.3 Å². The minimum Gasteiger partial charge on any atom is -0.490 e. The highest BCUT2D eigenvalue weighted by Gasteiger charge is 2.14. The van der Waals surface area contributed by atoms with Crippen LogP contribution in [-0.2, 0) is 19.7 Å². The number of hydrogen-bond acceptors (Lipinski definition) is 3. The summed E-state index contributed by atoms with van der Waals surface area (Å²) in [6.45, 7) is 5.99. The van der Waals surface area contributed by atoms with Crippen molar-refractivity contribution in [2.24, 2.45) is 0 Å². The van der Waals surface area contributed by atoms with Crippen molar-refractivity contribution in [3.05, 3.63) is 92.7 Å². The van der Waals surface area contributed by atoms with Crippen molar-refractivity contribution >= 4 is 23.2 Å². The highest BCUT2D eigenvalue weighted by Crippen LogP contribution is 2.37. The van der Waals surface area contributed by atoms with Crippen LogP contribution in [0.15, 0.2) is 54.6 Å². The van der Waals surface area contributed by atoms with E-state index in [0.717, 1.165) is 12.1 Å². The van der Waals surface area contributed by atoms with Crippen LogP contribution in [0.1, 0.15) is 29.2 Å². The number of aryl methyl sites for hydroxylation is 1. The molecule has 0 heterocycles. The Morgan fingerprint density at radius 2 is 1.60 bits per heavy atom. The molecule has 1 N–H and O–H groups in total. The Morgan fingerprint density at radius 3 is 2.30 bits per heavy atom. The van der Waals surface area contributed by atoms with Gasteiger partial charge in [0.1, 0.15) is 12.4 Å². The molecule has 0 aliphatic rings. The molecule has 0 radical (unpaired) electrons. The van der Waals surface area contributed by atoms with Gasteiger partial charge in [-0.1, -0.05) is 59.1 Å². The summed E-state index contributed by atoms with van der Waals surface area (Å²) >= 11 is 12.6. The lowest BCUT2D eigenvalue weighted by molar-refractivity contribution is 0.269. The third-order valence-electron chi connectivity index (χ3n) is 4.54. The zero-order valence-electron chi connectivity index (χ0n) is 17.0. The predicted octanol–water partition coefficient (Wildman–Crippen LogP) is 6.71. The van der Waals surface area contributed by atoms with Gasteiger partial charge < -0.3 is 14.8 Å². The van der Waals surface area contributed by atoms with E-state index >= 15 is 0 Å². The standard InChI is InChI=1S/C24H24Cl2FNO2/c1-3-29-23-11-18(14-28-13-17-6-4-16(2)5-7-17)10-22(26)24(23)30-15-19-8-9-20(27)12-21(19)25/h4-12,28H,3,13-15H2,1-2H3. The summed E-state index contributed by atoms with van der Waals surface area (Å²) < 4.78 is 24.9. The zero-order valence-corrected chi connectivity index (χ0v) is 18.5. The third-order valence-corrected chi connectivity index (χ3v) is 5.17. The maximum atomic E-state index is 13.2. The van der Waals surface area contributed by atoms with E-state index in [0.29, 0.717) is 40.3 Å². The number of hydrogen-bond donors (Lipinski definition) is 1. The molecule has 0 spiro atoms. The van der Waals surface area contributed by atoms with E-state index in [4.69, 9.17) is 32.7 Å². The van der Waals surface area contributed by atoms with Crippen LogP contribution in [0.2, 0.25) is 10.0 Å². The molecular formula is C24H24Cl2FNO2. The first kappa shape index (κ1) is 22.4. The van der Waals surface area contributed by atoms with E-state index in [9.17, 15) is 4.39 Å². The highest BCUT2D eigenvalue weighted by atomic mass is 35.5. The lowest BCUT2D eigenvalue weighted by Gasteiger charge is -2.16. The molecule has 3 aromatic carbocycles. The van der Waals surface area contributed by atoms with Crippen LogP contribution in [0, 0.1) is 12.7 Å². The van der Waals surface area contributed by atoms with Crippen molar-refractivity contribution in [3.63, 3.8) is 0 Å². The summed E-state index contributed by atoms with van der Waals surface area (Å²) in [5.41, 5.74) is 4.11. The first-order valence-corrected chi connectivity index (χ1v) is 10.5. The summed E-state index contributed by atoms with van der Waals surface area (Å²) in [6.07, 6.45) is 0. The van der Waals surface area contributed by atoms with Gasteiger partial charge in [0, 0.05) is 18.7 Å². The van der Waals surface area contributed by atoms with Crippen molar-refractivity contribution in [1.82, 2.24) is 5.32 Å². The van der Waals surface area contributed by atoms with Crippen LogP contribution in [-0.4, -0.2) is 6.61 Å². The molecule has 0 unspecified atom stereocenters. The van der Waals surface area contributed by atoms with Gasteiger partial charge in [0.25, 0.3) is 0 Å². The van der Waals surface area contributed by atoms with Gasteiger partial charge in [0.15, 0.2) is 11.5 Å². The Hall–Kier alpha value is -2.27. The second kappa shape index (κ2) is 10.7. The van der Waals surface area contributed by atoms with Crippen LogP contribution in [0.25, 0.3) is 0 Å². The van der Waals surface area contributed by atoms with E-state index in [1.807, 2.05) is 19.1 Å². The Balaban J connectivity index is 1.68. The van der Waals surface area contributed by atoms with Gasteiger partial charge in [-0.15, -0.1) is 0 Å². The molecule has 0 aliphatic carbocycles. The number of rotatable bonds is 9. The molecule has 30 heavy (non-hydrogen) atoms. The first-order valence-electron chi connectivity index (χ1n) is 9.74. The van der Waals surface area contributed by atoms with Gasteiger partial charge >= 0.3 is 0 Å². The molecule has 0 bridgehead atoms. The Labute approximate surface area is 186 Å². The molecule has 0 saturated heterocycles. The molecule has 0 atom stereocenters. The SMILES string of the molecule is CCOc1cc(CNCc2ccc(C)cc2)cc(Cl)c1OCc1ccc(F)cc1Cl. The molecule has 158 valence electrons. The molecule has 3 rings (SSSR count). The number of benzene rings is 3. The van der Waals surface area contributed by atoms with Gasteiger partial charge in [-0.2, -0.15) is 0 Å². The molecule has 0 aromatic heterocycles. The van der Waals surface area contributed by atoms with E-state index in [2.05, 4.69) is 36.5 Å². The van der Waals surface area contributed by atoms with Gasteiger partial charge in [-0.25, -0.2) is 4.39 Å². The predicted molar refractivity (Wildman–Crippen MR) is 120 cm³/mol. The van der Waals surface area contributed by atoms with Crippen molar-refractivity contribution in [2.75, 3.05) is 6.61 Å². The summed E-state index contributed by atoms with van der Waals surface area (Å²) in [5, 5.41) is 4.17. The minimum atomic E-state index is -0.390. The number of halogens is 3. The topological polar surface area (TPSA) is 30.5 Å². The van der Waals surface area contributed by atoms with Crippen LogP contribution < -0.4 is 14.8 Å². The molecular weight excluding hydrogens is 424 g/mol. The van der Waals surface area contributed by atoms with Crippen molar-refractivity contribution in [3.8, 4) is 11.5 Å². The van der Waals surface area contributed by atoms with Gasteiger partial charge in [0.2, 0.25) is 0 Å². The van der Waals surface area contributed by atoms with Crippen LogP contribution in [0.4, 0.5) is 4.39 Å². The molecule has 3 nitrogen and oxygen atoms in total. The summed E-state index contributed by atoms with van der Waals surface area (Å²) in [6, 6.07) is 16.4. The lowest BCUT2D eigenvalue weighted by Crippen LogP contribution is -2.13. The molecule has 0 aliphatic heterocycles. The molecule has 0 fully saturated rings. The highest BCUT2D eigenvalue weighted by molar-refractivity contribution is 6.32. The fourth-order valence-electron chi connectivity index (χ4n) is 2.97. The summed E-state index contributed by atoms with van der Waals surface area (Å²) in [7, 11) is 0. The quantitative estimate of drug-likeness (QED) is 0.395. The normalized spacial score (nSPS) is 10.8. The fourth-order valence-corrected chi connectivity index (χ4v) is 3.48. The summed E-state index contributed by atoms with van der Waals surface area (Å²) in [5.74, 6) is 0.621. The van der Waals surface area contributed by atoms with Gasteiger partial charge in [0.05, 0.1) is 16.7 Å². The van der Waals surface area contributed by atoms with E-state index in [-0.39, 0.29) is 12.4 Å². The number of ether oxygens (including phenoxy) is 2. The lowest BCUT2D eigenvalue weighted by atomic mass is 10.1. The third kappa shape index (κ3) is 6.11. The van der Waals surface area contributed by atoms with Gasteiger partial charge in [-0.05, 0) is 49.2 Å². The largest absolute Gasteiger partial charge is 0.490 e. The monoisotopic (exact) mass is 447 g/mol. The fraction of sp³-hybridized carbons (Fsp3) is 0.250. The van der Waals surface area contributed by atoms with Crippen LogP contribution in [0.5, 0.6) is 11.5 Å². The second-order valence-electron chi connectivity index (χ2n) is 6.95. The Morgan fingerprint density at radius 1 is 0.867 bits per heavy atom. The van der Waals surface area contributed by atoms with Crippen LogP contribution in [0.3, 0.4) is 0 Å². The summed E-state index contributed by atoms with van der Waals surface area (Å²) in [4.78, 5) is 0. The minimum absolute atomic E-state index is 0.157. The van der Waals surface area contributed by atoms with Gasteiger partial charge in [-0.3, -0.25) is 0 Å². The number of nitrogens with one attached hydrogen (secondary N) is 1.